The van der Waals surface area contributed by atoms with E-state index in [-0.39, 0.29) is 17.8 Å². The fourth-order valence-corrected chi connectivity index (χ4v) is 5.22. The predicted molar refractivity (Wildman–Crippen MR) is 126 cm³/mol. The average Bonchev–Trinajstić information content (AvgIpc) is 3.51. The lowest BCUT2D eigenvalue weighted by Gasteiger charge is -2.52. The molecule has 3 aliphatic heterocycles. The lowest BCUT2D eigenvalue weighted by Crippen LogP contribution is -2.73. The number of hydrogen-bond donors (Lipinski definition) is 4. The summed E-state index contributed by atoms with van der Waals surface area (Å²) in [6, 6.07) is 0. The van der Waals surface area contributed by atoms with Crippen LogP contribution in [0.4, 0.5) is 5.82 Å². The molecule has 5 heterocycles. The van der Waals surface area contributed by atoms with Gasteiger partial charge in [0.05, 0.1) is 31.7 Å². The second kappa shape index (κ2) is 10.4. The van der Waals surface area contributed by atoms with Gasteiger partial charge in [-0.25, -0.2) is 24.5 Å². The molecule has 0 amide bonds. The molecule has 0 aromatic carbocycles. The molecule has 0 unspecified atom stereocenters. The van der Waals surface area contributed by atoms with E-state index in [1.54, 1.807) is 4.57 Å². The van der Waals surface area contributed by atoms with Crippen molar-refractivity contribution in [3.63, 3.8) is 0 Å². The highest BCUT2D eigenvalue weighted by Gasteiger charge is 2.66. The van der Waals surface area contributed by atoms with Crippen LogP contribution in [-0.4, -0.2) is 116 Å². The number of allylic oxidation sites excluding steroid dienone is 1. The molecule has 2 aromatic rings. The first-order valence-electron chi connectivity index (χ1n) is 12.1. The van der Waals surface area contributed by atoms with Gasteiger partial charge in [0, 0.05) is 13.5 Å². The van der Waals surface area contributed by atoms with E-state index in [0.717, 1.165) is 7.11 Å². The molecule has 0 saturated carbocycles. The van der Waals surface area contributed by atoms with Crippen LogP contribution in [0.3, 0.4) is 0 Å². The van der Waals surface area contributed by atoms with Gasteiger partial charge in [0.2, 0.25) is 5.79 Å². The van der Waals surface area contributed by atoms with Crippen molar-refractivity contribution >= 4 is 28.9 Å². The summed E-state index contributed by atoms with van der Waals surface area (Å²) >= 11 is 0. The van der Waals surface area contributed by atoms with Crippen LogP contribution in [0.15, 0.2) is 24.3 Å². The van der Waals surface area contributed by atoms with Crippen LogP contribution in [0.5, 0.6) is 0 Å². The van der Waals surface area contributed by atoms with Crippen molar-refractivity contribution in [2.24, 2.45) is 0 Å². The highest BCUT2D eigenvalue weighted by molar-refractivity contribution is 5.89. The normalized spacial score (nSPS) is 36.3. The van der Waals surface area contributed by atoms with Crippen molar-refractivity contribution in [2.45, 2.75) is 68.1 Å². The van der Waals surface area contributed by atoms with Crippen LogP contribution >= 0.6 is 0 Å². The zero-order valence-corrected chi connectivity index (χ0v) is 21.2. The smallest absolute Gasteiger partial charge is 0.339 e. The molecule has 0 spiro atoms. The molecule has 212 valence electrons. The standard InChI is InChI=1S/C23H29N5O11/c1-4-9(6-29)21(31)38-14-16(22(32)35-3)37-11-5-10-13(39-23(11,33)17(14)30)15(34-2)20(36-10)28-8-27-12-18(24)25-7-26-19(12)28/h4,7-8,10-11,13-17,20,29-30,33H,5-6H2,1-3H3,(H2,24,25,26)/b9-4+/t10-,11-,13+,14-,15-,16+,17-,20-,23-/m1/s1. The molecule has 5 N–H and O–H groups in total. The van der Waals surface area contributed by atoms with Crippen LogP contribution in [0, 0.1) is 0 Å². The van der Waals surface area contributed by atoms with E-state index in [0.29, 0.717) is 11.2 Å². The first kappa shape index (κ1) is 27.3. The van der Waals surface area contributed by atoms with Gasteiger partial charge in [-0.15, -0.1) is 0 Å². The van der Waals surface area contributed by atoms with Gasteiger partial charge in [-0.05, 0) is 6.92 Å². The number of imidazole rings is 1. The number of nitrogens with zero attached hydrogens (tertiary/aromatic N) is 4. The summed E-state index contributed by atoms with van der Waals surface area (Å²) in [5.74, 6) is -4.24. The van der Waals surface area contributed by atoms with Gasteiger partial charge in [-0.3, -0.25) is 4.57 Å². The van der Waals surface area contributed by atoms with Gasteiger partial charge < -0.3 is 49.5 Å². The Morgan fingerprint density at radius 2 is 2.03 bits per heavy atom. The molecule has 3 fully saturated rings. The largest absolute Gasteiger partial charge is 0.467 e. The lowest BCUT2D eigenvalue weighted by atomic mass is 9.84. The van der Waals surface area contributed by atoms with Crippen molar-refractivity contribution in [2.75, 3.05) is 26.6 Å². The Hall–Kier alpha value is -3.25. The third kappa shape index (κ3) is 4.33. The molecule has 16 heteroatoms. The number of ether oxygens (including phenoxy) is 6. The number of rotatable bonds is 6. The SMILES string of the molecule is C/C=C(\CO)C(=O)O[C@@H]1[C@@H](C(=O)OC)O[C@@H]2C[C@H]3O[C@@H](n4cnc5c(N)ncnc54)[C@H](OC)[C@H]3O[C@@]2(O)[C@@H]1O. The molecule has 0 radical (unpaired) electrons. The number of aliphatic hydroxyl groups is 3. The van der Waals surface area contributed by atoms with Crippen molar-refractivity contribution in [3.05, 3.63) is 24.3 Å². The predicted octanol–water partition coefficient (Wildman–Crippen LogP) is -2.05. The summed E-state index contributed by atoms with van der Waals surface area (Å²) in [6.45, 7) is 0.848. The quantitative estimate of drug-likeness (QED) is 0.224. The number of aromatic nitrogens is 4. The number of esters is 2. The van der Waals surface area contributed by atoms with E-state index in [1.807, 2.05) is 0 Å². The Morgan fingerprint density at radius 1 is 1.26 bits per heavy atom. The molecule has 5 rings (SSSR count). The third-order valence-electron chi connectivity index (χ3n) is 7.25. The molecule has 3 saturated heterocycles. The number of aliphatic hydroxyl groups excluding tert-OH is 2. The number of nitrogen functional groups attached to an aromatic ring is 1. The Bertz CT molecular complexity index is 1290. The molecule has 39 heavy (non-hydrogen) atoms. The van der Waals surface area contributed by atoms with Crippen molar-refractivity contribution in [3.8, 4) is 0 Å². The van der Waals surface area contributed by atoms with Gasteiger partial charge in [-0.2, -0.15) is 0 Å². The van der Waals surface area contributed by atoms with Crippen LogP contribution < -0.4 is 5.73 Å². The summed E-state index contributed by atoms with van der Waals surface area (Å²) in [7, 11) is 2.51. The van der Waals surface area contributed by atoms with E-state index >= 15 is 0 Å². The van der Waals surface area contributed by atoms with E-state index < -0.39 is 73.3 Å². The minimum atomic E-state index is -2.44. The molecular formula is C23H29N5O11. The summed E-state index contributed by atoms with van der Waals surface area (Å²) in [4.78, 5) is 37.5. The second-order valence-corrected chi connectivity index (χ2v) is 9.27. The molecule has 0 bridgehead atoms. The third-order valence-corrected chi connectivity index (χ3v) is 7.25. The van der Waals surface area contributed by atoms with E-state index in [2.05, 4.69) is 15.0 Å². The summed E-state index contributed by atoms with van der Waals surface area (Å²) < 4.78 is 35.4. The Balaban J connectivity index is 1.46. The van der Waals surface area contributed by atoms with Gasteiger partial charge in [-0.1, -0.05) is 6.08 Å². The van der Waals surface area contributed by atoms with Crippen LogP contribution in [0.1, 0.15) is 19.6 Å². The molecule has 9 atom stereocenters. The van der Waals surface area contributed by atoms with Crippen molar-refractivity contribution < 1.29 is 53.3 Å². The Morgan fingerprint density at radius 3 is 2.69 bits per heavy atom. The van der Waals surface area contributed by atoms with Gasteiger partial charge in [0.15, 0.2) is 36.0 Å². The maximum Gasteiger partial charge on any atom is 0.339 e. The van der Waals surface area contributed by atoms with Crippen molar-refractivity contribution in [1.29, 1.82) is 0 Å². The Labute approximate surface area is 221 Å². The molecule has 16 nitrogen and oxygen atoms in total. The topological polar surface area (TPSA) is 220 Å². The van der Waals surface area contributed by atoms with E-state index in [1.165, 1.54) is 32.8 Å². The number of carbonyl (C=O) groups is 2. The fourth-order valence-electron chi connectivity index (χ4n) is 5.22. The highest BCUT2D eigenvalue weighted by atomic mass is 16.7. The Kier molecular flexibility index (Phi) is 7.27. The zero-order chi connectivity index (χ0) is 28.1. The highest BCUT2D eigenvalue weighted by Crippen LogP contribution is 2.47. The number of carbonyl (C=O) groups excluding carboxylic acids is 2. The average molecular weight is 552 g/mol. The van der Waals surface area contributed by atoms with Gasteiger partial charge in [0.25, 0.3) is 0 Å². The van der Waals surface area contributed by atoms with Crippen LogP contribution in [0.2, 0.25) is 0 Å². The zero-order valence-electron chi connectivity index (χ0n) is 21.2. The summed E-state index contributed by atoms with van der Waals surface area (Å²) in [5.41, 5.74) is 6.50. The number of methoxy groups -OCH3 is 2. The molecule has 0 aliphatic carbocycles. The monoisotopic (exact) mass is 551 g/mol. The van der Waals surface area contributed by atoms with Crippen LogP contribution in [-0.2, 0) is 38.0 Å². The summed E-state index contributed by atoms with van der Waals surface area (Å²) in [6.07, 6.45) is -5.92. The van der Waals surface area contributed by atoms with E-state index in [9.17, 15) is 24.9 Å². The van der Waals surface area contributed by atoms with Gasteiger partial charge >= 0.3 is 11.9 Å². The number of nitrogens with two attached hydrogens (primary N) is 1. The first-order valence-corrected chi connectivity index (χ1v) is 12.1. The van der Waals surface area contributed by atoms with Gasteiger partial charge in [0.1, 0.15) is 30.2 Å². The summed E-state index contributed by atoms with van der Waals surface area (Å²) in [5, 5.41) is 32.3. The van der Waals surface area contributed by atoms with Crippen LogP contribution in [0.25, 0.3) is 11.2 Å². The number of hydrogen-bond acceptors (Lipinski definition) is 15. The van der Waals surface area contributed by atoms with Crippen molar-refractivity contribution in [1.82, 2.24) is 19.5 Å². The van der Waals surface area contributed by atoms with E-state index in [4.69, 9.17) is 34.2 Å². The number of anilines is 1. The lowest BCUT2D eigenvalue weighted by molar-refractivity contribution is -0.397. The maximum absolute atomic E-state index is 12.6. The second-order valence-electron chi connectivity index (χ2n) is 9.27. The minimum absolute atomic E-state index is 0.0384. The fraction of sp³-hybridized carbons (Fsp3) is 0.609. The molecule has 2 aromatic heterocycles. The minimum Gasteiger partial charge on any atom is -0.467 e. The molecule has 3 aliphatic rings. The molecular weight excluding hydrogens is 522 g/mol. The maximum atomic E-state index is 12.6. The number of fused-ring (bicyclic) bond motifs is 3. The first-order chi connectivity index (χ1) is 18.7.